The van der Waals surface area contributed by atoms with Crippen LogP contribution in [0.1, 0.15) is 27.7 Å². The fourth-order valence-electron chi connectivity index (χ4n) is 1.63. The first kappa shape index (κ1) is 21.1. The highest BCUT2D eigenvalue weighted by Crippen LogP contribution is 2.70. The first-order chi connectivity index (χ1) is 9.94. The van der Waals surface area contributed by atoms with Gasteiger partial charge < -0.3 is 18.1 Å². The van der Waals surface area contributed by atoms with Gasteiger partial charge in [-0.1, -0.05) is 0 Å². The zero-order valence-electron chi connectivity index (χ0n) is 12.8. The minimum Gasteiger partial charge on any atom is -0.308 e. The zero-order chi connectivity index (χ0) is 16.4. The molecule has 0 aliphatic rings. The maximum Gasteiger partial charge on any atom is 0.347 e. The average molecular weight is 359 g/mol. The third-order valence-corrected chi connectivity index (χ3v) is 8.37. The summed E-state index contributed by atoms with van der Waals surface area (Å²) in [5.74, 6) is 0. The van der Waals surface area contributed by atoms with Crippen molar-refractivity contribution in [3.8, 4) is 0 Å². The molecule has 0 fully saturated rings. The lowest BCUT2D eigenvalue weighted by Crippen LogP contribution is -2.20. The summed E-state index contributed by atoms with van der Waals surface area (Å²) in [6.07, 6.45) is 0. The van der Waals surface area contributed by atoms with E-state index in [0.29, 0.717) is 0 Å². The topological polar surface area (TPSA) is 83.4 Å². The third-order valence-electron chi connectivity index (χ3n) is 2.29. The van der Waals surface area contributed by atoms with Crippen molar-refractivity contribution in [2.24, 2.45) is 4.99 Å². The van der Waals surface area contributed by atoms with E-state index in [1.54, 1.807) is 27.7 Å². The van der Waals surface area contributed by atoms with Gasteiger partial charge in [-0.25, -0.2) is 4.99 Å². The molecule has 0 atom stereocenters. The highest BCUT2D eigenvalue weighted by Gasteiger charge is 2.50. The Bertz CT molecular complexity index is 390. The van der Waals surface area contributed by atoms with Crippen LogP contribution in [0.3, 0.4) is 0 Å². The fourth-order valence-corrected chi connectivity index (χ4v) is 6.73. The summed E-state index contributed by atoms with van der Waals surface area (Å²) in [4.78, 5) is 3.73. The molecule has 0 N–H and O–H groups in total. The van der Waals surface area contributed by atoms with Crippen molar-refractivity contribution in [1.82, 2.24) is 0 Å². The first-order valence-electron chi connectivity index (χ1n) is 6.75. The summed E-state index contributed by atoms with van der Waals surface area (Å²) in [5, 5.41) is 0.988. The Labute approximate surface area is 131 Å². The third kappa shape index (κ3) is 6.39. The zero-order valence-corrected chi connectivity index (χ0v) is 15.4. The molecule has 21 heavy (non-hydrogen) atoms. The second-order valence-corrected chi connectivity index (χ2v) is 8.69. The van der Waals surface area contributed by atoms with E-state index in [2.05, 4.69) is 22.4 Å². The van der Waals surface area contributed by atoms with Crippen molar-refractivity contribution >= 4 is 32.6 Å². The van der Waals surface area contributed by atoms with E-state index < -0.39 is 20.6 Å². The highest BCUT2D eigenvalue weighted by atomic mass is 32.1. The van der Waals surface area contributed by atoms with Gasteiger partial charge in [0.25, 0.3) is 0 Å². The van der Waals surface area contributed by atoms with Crippen LogP contribution in [0.5, 0.6) is 0 Å². The molecule has 0 saturated carbocycles. The van der Waals surface area contributed by atoms with Gasteiger partial charge in [0, 0.05) is 0 Å². The van der Waals surface area contributed by atoms with Crippen LogP contribution in [0.15, 0.2) is 4.99 Å². The van der Waals surface area contributed by atoms with Crippen LogP contribution < -0.4 is 0 Å². The Balaban J connectivity index is 5.73. The van der Waals surface area contributed by atoms with Crippen LogP contribution in [-0.2, 0) is 27.2 Å². The van der Waals surface area contributed by atoms with E-state index >= 15 is 0 Å². The molecular formula is C11H23NO6P2S. The normalized spacial score (nSPS) is 12.4. The summed E-state index contributed by atoms with van der Waals surface area (Å²) in [6.45, 7) is 7.02. The van der Waals surface area contributed by atoms with Crippen LogP contribution in [-0.4, -0.2) is 43.5 Å². The molecule has 0 saturated heterocycles. The average Bonchev–Trinajstić information content (AvgIpc) is 2.40. The SMILES string of the molecule is CCOP(=O)(OCC)C(CN=C=S)P(=O)(OCC)OCC. The van der Waals surface area contributed by atoms with Gasteiger partial charge in [-0.15, -0.1) is 0 Å². The Morgan fingerprint density at radius 2 is 1.24 bits per heavy atom. The van der Waals surface area contributed by atoms with Crippen LogP contribution in [0.4, 0.5) is 0 Å². The Morgan fingerprint density at radius 3 is 1.48 bits per heavy atom. The van der Waals surface area contributed by atoms with Gasteiger partial charge in [-0.3, -0.25) is 9.13 Å². The van der Waals surface area contributed by atoms with E-state index in [1.807, 2.05) is 0 Å². The molecule has 0 rings (SSSR count). The molecule has 0 aromatic carbocycles. The quantitative estimate of drug-likeness (QED) is 0.296. The molecule has 0 unspecified atom stereocenters. The van der Waals surface area contributed by atoms with Gasteiger partial charge in [0.1, 0.15) is 0 Å². The lowest BCUT2D eigenvalue weighted by Gasteiger charge is -2.30. The van der Waals surface area contributed by atoms with Gasteiger partial charge in [0.05, 0.1) is 38.1 Å². The predicted octanol–water partition coefficient (Wildman–Crippen LogP) is 3.95. The number of aliphatic imine (C=N–C) groups is 1. The summed E-state index contributed by atoms with van der Waals surface area (Å²) in [7, 11) is -7.47. The second-order valence-electron chi connectivity index (χ2n) is 3.66. The molecule has 0 aliphatic heterocycles. The molecule has 0 aliphatic carbocycles. The molecule has 124 valence electrons. The molecule has 0 spiro atoms. The Hall–Kier alpha value is 0.100. The number of isothiocyanates is 1. The maximum atomic E-state index is 12.9. The lowest BCUT2D eigenvalue weighted by atomic mass is 10.8. The largest absolute Gasteiger partial charge is 0.347 e. The van der Waals surface area contributed by atoms with Crippen LogP contribution >= 0.6 is 27.4 Å². The van der Waals surface area contributed by atoms with Crippen molar-refractivity contribution in [3.63, 3.8) is 0 Å². The van der Waals surface area contributed by atoms with Crippen LogP contribution in [0.25, 0.3) is 0 Å². The van der Waals surface area contributed by atoms with E-state index in [0.717, 1.165) is 0 Å². The first-order valence-corrected chi connectivity index (χ1v) is 10.4. The minimum atomic E-state index is -3.73. The molecule has 10 heteroatoms. The Morgan fingerprint density at radius 1 is 0.905 bits per heavy atom. The van der Waals surface area contributed by atoms with Gasteiger partial charge in [0.15, 0.2) is 5.40 Å². The summed E-state index contributed by atoms with van der Waals surface area (Å²) in [5.41, 5.74) is 0. The number of thiocarbonyl (C=S) groups is 1. The smallest absolute Gasteiger partial charge is 0.308 e. The molecule has 0 amide bonds. The van der Waals surface area contributed by atoms with Crippen LogP contribution in [0.2, 0.25) is 0 Å². The molecule has 0 aromatic rings. The Kier molecular flexibility index (Phi) is 10.8. The molecule has 0 bridgehead atoms. The molecule has 0 aromatic heterocycles. The van der Waals surface area contributed by atoms with Gasteiger partial charge in [-0.05, 0) is 39.9 Å². The number of nitrogens with zero attached hydrogens (tertiary/aromatic N) is 1. The van der Waals surface area contributed by atoms with E-state index in [1.165, 1.54) is 0 Å². The number of rotatable bonds is 12. The van der Waals surface area contributed by atoms with Crippen molar-refractivity contribution in [2.45, 2.75) is 33.1 Å². The maximum absolute atomic E-state index is 12.9. The number of hydrogen-bond acceptors (Lipinski definition) is 8. The van der Waals surface area contributed by atoms with Crippen molar-refractivity contribution in [1.29, 1.82) is 0 Å². The summed E-state index contributed by atoms with van der Waals surface area (Å²) >= 11 is 4.52. The van der Waals surface area contributed by atoms with Crippen molar-refractivity contribution in [2.75, 3.05) is 33.0 Å². The van der Waals surface area contributed by atoms with Crippen molar-refractivity contribution < 1.29 is 27.2 Å². The number of hydrogen-bond donors (Lipinski definition) is 0. The molecular weight excluding hydrogens is 336 g/mol. The minimum absolute atomic E-state index is 0.132. The standard InChI is InChI=1S/C11H23NO6P2S/c1-5-15-19(13,16-6-2)11(9-12-10-21)20(14,17-7-3)18-8-4/h11H,5-9H2,1-4H3. The van der Waals surface area contributed by atoms with Crippen LogP contribution in [0, 0.1) is 0 Å². The molecule has 7 nitrogen and oxygen atoms in total. The molecule has 0 heterocycles. The van der Waals surface area contributed by atoms with Crippen molar-refractivity contribution in [3.05, 3.63) is 0 Å². The predicted molar refractivity (Wildman–Crippen MR) is 85.4 cm³/mol. The highest BCUT2D eigenvalue weighted by molar-refractivity contribution is 7.78. The molecule has 0 radical (unpaired) electrons. The van der Waals surface area contributed by atoms with E-state index in [4.69, 9.17) is 18.1 Å². The van der Waals surface area contributed by atoms with Gasteiger partial charge in [-0.2, -0.15) is 0 Å². The van der Waals surface area contributed by atoms with E-state index in [9.17, 15) is 9.13 Å². The summed E-state index contributed by atoms with van der Waals surface area (Å²) in [6, 6.07) is 0. The lowest BCUT2D eigenvalue weighted by molar-refractivity contribution is 0.196. The summed E-state index contributed by atoms with van der Waals surface area (Å²) < 4.78 is 46.8. The second kappa shape index (κ2) is 10.8. The van der Waals surface area contributed by atoms with E-state index in [-0.39, 0.29) is 33.0 Å². The van der Waals surface area contributed by atoms with Gasteiger partial charge in [0.2, 0.25) is 0 Å². The van der Waals surface area contributed by atoms with Gasteiger partial charge >= 0.3 is 15.2 Å². The fraction of sp³-hybridized carbons (Fsp3) is 0.909. The monoisotopic (exact) mass is 359 g/mol.